The Morgan fingerprint density at radius 2 is 1.96 bits per heavy atom. The highest BCUT2D eigenvalue weighted by molar-refractivity contribution is 5.91. The average Bonchev–Trinajstić information content (AvgIpc) is 2.71. The fourth-order valence-electron chi connectivity index (χ4n) is 3.01. The number of aryl methyl sites for hydroxylation is 1. The highest BCUT2D eigenvalue weighted by Crippen LogP contribution is 2.21. The zero-order valence-electron chi connectivity index (χ0n) is 15.7. The number of nitrogens with zero attached hydrogens (tertiary/aromatic N) is 3. The van der Waals surface area contributed by atoms with Crippen molar-refractivity contribution in [2.24, 2.45) is 0 Å². The minimum atomic E-state index is -0.143. The van der Waals surface area contributed by atoms with Crippen LogP contribution in [0, 0.1) is 6.92 Å². The summed E-state index contributed by atoms with van der Waals surface area (Å²) in [6.07, 6.45) is 6.99. The van der Waals surface area contributed by atoms with Crippen LogP contribution in [0.25, 0.3) is 6.08 Å². The molecule has 0 bridgehead atoms. The summed E-state index contributed by atoms with van der Waals surface area (Å²) in [7, 11) is 0. The predicted octanol–water partition coefficient (Wildman–Crippen LogP) is 2.98. The van der Waals surface area contributed by atoms with E-state index in [4.69, 9.17) is 4.74 Å². The van der Waals surface area contributed by atoms with Gasteiger partial charge in [0.25, 0.3) is 0 Å². The quantitative estimate of drug-likeness (QED) is 0.603. The molecule has 1 aromatic carbocycles. The van der Waals surface area contributed by atoms with Crippen LogP contribution < -0.4 is 15.0 Å². The van der Waals surface area contributed by atoms with Gasteiger partial charge in [-0.15, -0.1) is 0 Å². The molecular formula is C21H26N4O2. The molecule has 1 fully saturated rings. The van der Waals surface area contributed by atoms with Gasteiger partial charge in [0.15, 0.2) is 0 Å². The van der Waals surface area contributed by atoms with E-state index in [-0.39, 0.29) is 5.91 Å². The fraction of sp³-hybridized carbons (Fsp3) is 0.381. The molecule has 1 amide bonds. The summed E-state index contributed by atoms with van der Waals surface area (Å²) in [6.45, 7) is 4.71. The third-order valence-electron chi connectivity index (χ3n) is 4.36. The van der Waals surface area contributed by atoms with Crippen LogP contribution in [0.2, 0.25) is 0 Å². The van der Waals surface area contributed by atoms with Crippen LogP contribution >= 0.6 is 0 Å². The lowest BCUT2D eigenvalue weighted by molar-refractivity contribution is -0.116. The Labute approximate surface area is 160 Å². The molecule has 6 nitrogen and oxygen atoms in total. The molecule has 0 saturated carbocycles. The van der Waals surface area contributed by atoms with Gasteiger partial charge in [-0.1, -0.05) is 30.3 Å². The van der Waals surface area contributed by atoms with Gasteiger partial charge in [-0.2, -0.15) is 4.98 Å². The number of carbonyl (C=O) groups is 1. The van der Waals surface area contributed by atoms with Gasteiger partial charge >= 0.3 is 0 Å². The number of aromatic nitrogens is 2. The Kier molecular flexibility index (Phi) is 6.79. The molecule has 1 aromatic heterocycles. The van der Waals surface area contributed by atoms with Crippen molar-refractivity contribution >= 4 is 17.8 Å². The molecule has 6 heteroatoms. The van der Waals surface area contributed by atoms with E-state index in [0.717, 1.165) is 24.5 Å². The molecule has 0 atom stereocenters. The van der Waals surface area contributed by atoms with E-state index in [9.17, 15) is 4.79 Å². The van der Waals surface area contributed by atoms with Crippen molar-refractivity contribution in [1.29, 1.82) is 0 Å². The Balaban J connectivity index is 1.45. The van der Waals surface area contributed by atoms with Crippen molar-refractivity contribution in [3.8, 4) is 5.88 Å². The summed E-state index contributed by atoms with van der Waals surface area (Å²) in [5.74, 6) is 2.03. The summed E-state index contributed by atoms with van der Waals surface area (Å²) in [6, 6.07) is 11.6. The van der Waals surface area contributed by atoms with Gasteiger partial charge in [0.2, 0.25) is 11.8 Å². The number of ether oxygens (including phenoxy) is 1. The van der Waals surface area contributed by atoms with Crippen LogP contribution in [0.3, 0.4) is 0 Å². The van der Waals surface area contributed by atoms with Crippen molar-refractivity contribution in [1.82, 2.24) is 15.3 Å². The Bertz CT molecular complexity index is 771. The second-order valence-electron chi connectivity index (χ2n) is 6.54. The zero-order valence-corrected chi connectivity index (χ0v) is 15.7. The Morgan fingerprint density at radius 3 is 2.74 bits per heavy atom. The van der Waals surface area contributed by atoms with Crippen molar-refractivity contribution in [3.05, 3.63) is 53.9 Å². The lowest BCUT2D eigenvalue weighted by Gasteiger charge is -2.28. The summed E-state index contributed by atoms with van der Waals surface area (Å²) >= 11 is 0. The molecular weight excluding hydrogens is 340 g/mol. The third-order valence-corrected chi connectivity index (χ3v) is 4.36. The summed E-state index contributed by atoms with van der Waals surface area (Å²) in [5, 5.41) is 2.81. The maximum atomic E-state index is 11.9. The Morgan fingerprint density at radius 1 is 1.19 bits per heavy atom. The molecule has 0 aliphatic carbocycles. The molecule has 1 aliphatic rings. The minimum Gasteiger partial charge on any atom is -0.476 e. The van der Waals surface area contributed by atoms with Crippen molar-refractivity contribution in [2.75, 3.05) is 31.1 Å². The van der Waals surface area contributed by atoms with Crippen LogP contribution in [-0.2, 0) is 4.79 Å². The SMILES string of the molecule is Cc1nc(OCCNC(=O)C=Cc2ccccc2)cc(N2CCCCC2)n1. The van der Waals surface area contributed by atoms with E-state index in [1.165, 1.54) is 25.3 Å². The lowest BCUT2D eigenvalue weighted by atomic mass is 10.1. The molecule has 0 unspecified atom stereocenters. The summed E-state index contributed by atoms with van der Waals surface area (Å²) < 4.78 is 5.71. The molecule has 0 radical (unpaired) electrons. The molecule has 142 valence electrons. The summed E-state index contributed by atoms with van der Waals surface area (Å²) in [4.78, 5) is 23.0. The highest BCUT2D eigenvalue weighted by Gasteiger charge is 2.14. The molecule has 3 rings (SSSR count). The maximum Gasteiger partial charge on any atom is 0.244 e. The van der Waals surface area contributed by atoms with Crippen LogP contribution in [0.4, 0.5) is 5.82 Å². The molecule has 1 N–H and O–H groups in total. The molecule has 2 heterocycles. The van der Waals surface area contributed by atoms with Crippen LogP contribution in [0.5, 0.6) is 5.88 Å². The topological polar surface area (TPSA) is 67.3 Å². The number of piperidine rings is 1. The largest absolute Gasteiger partial charge is 0.476 e. The minimum absolute atomic E-state index is 0.143. The predicted molar refractivity (Wildman–Crippen MR) is 107 cm³/mol. The monoisotopic (exact) mass is 366 g/mol. The van der Waals surface area contributed by atoms with Crippen molar-refractivity contribution < 1.29 is 9.53 Å². The van der Waals surface area contributed by atoms with E-state index in [2.05, 4.69) is 20.2 Å². The lowest BCUT2D eigenvalue weighted by Crippen LogP contribution is -2.30. The van der Waals surface area contributed by atoms with E-state index >= 15 is 0 Å². The number of carbonyl (C=O) groups excluding carboxylic acids is 1. The van der Waals surface area contributed by atoms with E-state index < -0.39 is 0 Å². The molecule has 0 spiro atoms. The third kappa shape index (κ3) is 6.09. The van der Waals surface area contributed by atoms with E-state index in [0.29, 0.717) is 24.9 Å². The van der Waals surface area contributed by atoms with Gasteiger partial charge in [-0.25, -0.2) is 4.98 Å². The van der Waals surface area contributed by atoms with Crippen molar-refractivity contribution in [3.63, 3.8) is 0 Å². The first-order valence-electron chi connectivity index (χ1n) is 9.45. The van der Waals surface area contributed by atoms with Crippen LogP contribution in [0.1, 0.15) is 30.7 Å². The van der Waals surface area contributed by atoms with Crippen LogP contribution in [-0.4, -0.2) is 42.1 Å². The average molecular weight is 366 g/mol. The van der Waals surface area contributed by atoms with Gasteiger partial charge < -0.3 is 15.0 Å². The van der Waals surface area contributed by atoms with Gasteiger partial charge in [-0.05, 0) is 37.8 Å². The second-order valence-corrected chi connectivity index (χ2v) is 6.54. The second kappa shape index (κ2) is 9.71. The molecule has 1 aliphatic heterocycles. The fourth-order valence-corrected chi connectivity index (χ4v) is 3.01. The maximum absolute atomic E-state index is 11.9. The van der Waals surface area contributed by atoms with Crippen LogP contribution in [0.15, 0.2) is 42.5 Å². The zero-order chi connectivity index (χ0) is 18.9. The number of anilines is 1. The smallest absolute Gasteiger partial charge is 0.244 e. The Hall–Kier alpha value is -2.89. The standard InChI is InChI=1S/C21H26N4O2/c1-17-23-19(25-13-6-3-7-14-25)16-21(24-17)27-15-12-22-20(26)11-10-18-8-4-2-5-9-18/h2,4-5,8-11,16H,3,6-7,12-15H2,1H3,(H,22,26). The van der Waals surface area contributed by atoms with E-state index in [1.807, 2.05) is 43.3 Å². The normalized spacial score (nSPS) is 14.3. The number of benzene rings is 1. The molecule has 2 aromatic rings. The number of hydrogen-bond acceptors (Lipinski definition) is 5. The van der Waals surface area contributed by atoms with Gasteiger partial charge in [0, 0.05) is 25.2 Å². The van der Waals surface area contributed by atoms with Gasteiger partial charge in [0.05, 0.1) is 6.54 Å². The first-order chi connectivity index (χ1) is 13.2. The van der Waals surface area contributed by atoms with Gasteiger partial charge in [0.1, 0.15) is 18.2 Å². The molecule has 27 heavy (non-hydrogen) atoms. The summed E-state index contributed by atoms with van der Waals surface area (Å²) in [5.41, 5.74) is 0.991. The number of hydrogen-bond donors (Lipinski definition) is 1. The van der Waals surface area contributed by atoms with Crippen molar-refractivity contribution in [2.45, 2.75) is 26.2 Å². The number of amides is 1. The highest BCUT2D eigenvalue weighted by atomic mass is 16.5. The number of nitrogens with one attached hydrogen (secondary N) is 1. The van der Waals surface area contributed by atoms with Gasteiger partial charge in [-0.3, -0.25) is 4.79 Å². The first kappa shape index (κ1) is 18.9. The molecule has 1 saturated heterocycles. The first-order valence-corrected chi connectivity index (χ1v) is 9.45. The number of rotatable bonds is 7. The van der Waals surface area contributed by atoms with E-state index in [1.54, 1.807) is 6.08 Å².